The van der Waals surface area contributed by atoms with Gasteiger partial charge in [-0.2, -0.15) is 0 Å². The van der Waals surface area contributed by atoms with Gasteiger partial charge in [0.15, 0.2) is 0 Å². The molecule has 208 valence electrons. The third-order valence-corrected chi connectivity index (χ3v) is 7.27. The molecule has 0 bridgehead atoms. The van der Waals surface area contributed by atoms with Gasteiger partial charge in [-0.25, -0.2) is 9.07 Å². The normalized spacial score (nSPS) is 14.5. The molecular formula is C30H32FN5O4. The smallest absolute Gasteiger partial charge is 0.249 e. The van der Waals surface area contributed by atoms with Crippen LogP contribution >= 0.6 is 0 Å². The first-order valence-corrected chi connectivity index (χ1v) is 13.4. The summed E-state index contributed by atoms with van der Waals surface area (Å²) in [5, 5.41) is 11.5. The highest BCUT2D eigenvalue weighted by Gasteiger charge is 2.36. The van der Waals surface area contributed by atoms with E-state index < -0.39 is 17.8 Å². The van der Waals surface area contributed by atoms with Crippen LogP contribution in [0.4, 0.5) is 10.1 Å². The van der Waals surface area contributed by atoms with Crippen LogP contribution in [0.25, 0.3) is 11.0 Å². The highest BCUT2D eigenvalue weighted by Crippen LogP contribution is 2.36. The number of aromatic nitrogens is 3. The summed E-state index contributed by atoms with van der Waals surface area (Å²) < 4.78 is 26.6. The molecule has 9 nitrogen and oxygen atoms in total. The SMILES string of the molecule is COc1ccc(OC)c(C(C(=O)NC2CCCCC2)N(C(=O)Cn2nnc3ccccc32)c2ccc(F)cc2)c1. The molecule has 40 heavy (non-hydrogen) atoms. The molecule has 1 saturated carbocycles. The summed E-state index contributed by atoms with van der Waals surface area (Å²) in [6, 6.07) is 16.8. The van der Waals surface area contributed by atoms with E-state index in [4.69, 9.17) is 9.47 Å². The molecule has 3 aromatic carbocycles. The van der Waals surface area contributed by atoms with Crippen LogP contribution in [-0.4, -0.2) is 47.1 Å². The van der Waals surface area contributed by atoms with E-state index in [-0.39, 0.29) is 18.5 Å². The summed E-state index contributed by atoms with van der Waals surface area (Å²) in [6.45, 7) is -0.197. The van der Waals surface area contributed by atoms with Crippen molar-refractivity contribution < 1.29 is 23.5 Å². The van der Waals surface area contributed by atoms with Gasteiger partial charge in [0.05, 0.1) is 19.7 Å². The quantitative estimate of drug-likeness (QED) is 0.324. The number of halogens is 1. The van der Waals surface area contributed by atoms with E-state index in [1.165, 1.54) is 48.1 Å². The molecule has 5 rings (SSSR count). The number of para-hydroxylation sites is 1. The molecule has 1 unspecified atom stereocenters. The van der Waals surface area contributed by atoms with E-state index in [2.05, 4.69) is 15.6 Å². The Hall–Kier alpha value is -4.47. The molecule has 1 aliphatic carbocycles. The van der Waals surface area contributed by atoms with Crippen molar-refractivity contribution in [2.45, 2.75) is 50.7 Å². The number of ether oxygens (including phenoxy) is 2. The third kappa shape index (κ3) is 5.75. The van der Waals surface area contributed by atoms with Crippen molar-refractivity contribution in [3.8, 4) is 11.5 Å². The summed E-state index contributed by atoms with van der Waals surface area (Å²) >= 11 is 0. The van der Waals surface area contributed by atoms with Crippen molar-refractivity contribution in [1.82, 2.24) is 20.3 Å². The Balaban J connectivity index is 1.62. The molecule has 0 saturated heterocycles. The van der Waals surface area contributed by atoms with Gasteiger partial charge in [0.2, 0.25) is 11.8 Å². The Morgan fingerprint density at radius 3 is 2.50 bits per heavy atom. The molecule has 0 spiro atoms. The van der Waals surface area contributed by atoms with E-state index in [0.29, 0.717) is 33.8 Å². The number of nitrogens with one attached hydrogen (secondary N) is 1. The number of amides is 2. The largest absolute Gasteiger partial charge is 0.497 e. The van der Waals surface area contributed by atoms with Gasteiger partial charge in [-0.3, -0.25) is 14.5 Å². The second kappa shape index (κ2) is 12.1. The molecule has 1 atom stereocenters. The Morgan fingerprint density at radius 1 is 1.02 bits per heavy atom. The van der Waals surface area contributed by atoms with Crippen molar-refractivity contribution in [3.63, 3.8) is 0 Å². The fraction of sp³-hybridized carbons (Fsp3) is 0.333. The average Bonchev–Trinajstić information content (AvgIpc) is 3.39. The van der Waals surface area contributed by atoms with Crippen LogP contribution in [0.1, 0.15) is 43.7 Å². The van der Waals surface area contributed by atoms with Crippen molar-refractivity contribution in [2.24, 2.45) is 0 Å². The van der Waals surface area contributed by atoms with Crippen molar-refractivity contribution in [3.05, 3.63) is 78.1 Å². The van der Waals surface area contributed by atoms with Gasteiger partial charge in [0.25, 0.3) is 0 Å². The summed E-state index contributed by atoms with van der Waals surface area (Å²) in [5.41, 5.74) is 2.11. The first-order chi connectivity index (χ1) is 19.5. The monoisotopic (exact) mass is 545 g/mol. The fourth-order valence-corrected chi connectivity index (χ4v) is 5.25. The van der Waals surface area contributed by atoms with Crippen LogP contribution in [0.3, 0.4) is 0 Å². The summed E-state index contributed by atoms with van der Waals surface area (Å²) in [5.74, 6) is -0.341. The lowest BCUT2D eigenvalue weighted by Crippen LogP contribution is -2.48. The predicted molar refractivity (Wildman–Crippen MR) is 149 cm³/mol. The summed E-state index contributed by atoms with van der Waals surface area (Å²) in [4.78, 5) is 29.7. The van der Waals surface area contributed by atoms with Crippen LogP contribution in [0.15, 0.2) is 66.7 Å². The first-order valence-electron chi connectivity index (χ1n) is 13.4. The van der Waals surface area contributed by atoms with Crippen LogP contribution < -0.4 is 19.7 Å². The maximum absolute atomic E-state index is 14.2. The zero-order valence-corrected chi connectivity index (χ0v) is 22.5. The molecule has 2 amide bonds. The fourth-order valence-electron chi connectivity index (χ4n) is 5.25. The highest BCUT2D eigenvalue weighted by molar-refractivity contribution is 6.02. The second-order valence-corrected chi connectivity index (χ2v) is 9.83. The standard InChI is InChI=1S/C30H32FN5O4/c1-39-23-16-17-27(40-2)24(18-23)29(30(38)32-21-8-4-3-5-9-21)36(22-14-12-20(31)13-15-22)28(37)19-35-26-11-7-6-10-25(26)33-34-35/h6-7,10-18,21,29H,3-5,8-9,19H2,1-2H3,(H,32,38). The summed E-state index contributed by atoms with van der Waals surface area (Å²) in [7, 11) is 3.04. The molecule has 1 fully saturated rings. The predicted octanol–water partition coefficient (Wildman–Crippen LogP) is 4.81. The third-order valence-electron chi connectivity index (χ3n) is 7.27. The number of rotatable bonds is 9. The number of nitrogens with zero attached hydrogens (tertiary/aromatic N) is 4. The van der Waals surface area contributed by atoms with Crippen LogP contribution in [0.5, 0.6) is 11.5 Å². The molecule has 0 radical (unpaired) electrons. The van der Waals surface area contributed by atoms with E-state index in [1.54, 1.807) is 18.2 Å². The Kier molecular flexibility index (Phi) is 8.23. The average molecular weight is 546 g/mol. The van der Waals surface area contributed by atoms with Gasteiger partial charge in [-0.15, -0.1) is 5.10 Å². The number of carbonyl (C=O) groups is 2. The van der Waals surface area contributed by atoms with Gasteiger partial charge in [-0.05, 0) is 67.4 Å². The molecule has 1 aliphatic rings. The lowest BCUT2D eigenvalue weighted by Gasteiger charge is -2.34. The molecule has 1 aromatic heterocycles. The van der Waals surface area contributed by atoms with Gasteiger partial charge in [-0.1, -0.05) is 36.6 Å². The number of fused-ring (bicyclic) bond motifs is 1. The lowest BCUT2D eigenvalue weighted by atomic mass is 9.94. The number of anilines is 1. The van der Waals surface area contributed by atoms with Gasteiger partial charge < -0.3 is 14.8 Å². The van der Waals surface area contributed by atoms with Gasteiger partial charge in [0, 0.05) is 17.3 Å². The number of hydrogen-bond donors (Lipinski definition) is 1. The minimum Gasteiger partial charge on any atom is -0.497 e. The van der Waals surface area contributed by atoms with Crippen molar-refractivity contribution in [1.29, 1.82) is 0 Å². The maximum Gasteiger partial charge on any atom is 0.249 e. The number of methoxy groups -OCH3 is 2. The number of hydrogen-bond acceptors (Lipinski definition) is 6. The van der Waals surface area contributed by atoms with E-state index in [0.717, 1.165) is 32.1 Å². The Bertz CT molecular complexity index is 1480. The van der Waals surface area contributed by atoms with Crippen molar-refractivity contribution >= 4 is 28.5 Å². The van der Waals surface area contributed by atoms with Crippen molar-refractivity contribution in [2.75, 3.05) is 19.1 Å². The van der Waals surface area contributed by atoms with E-state index in [1.807, 2.05) is 24.3 Å². The number of benzene rings is 3. The molecular weight excluding hydrogens is 513 g/mol. The van der Waals surface area contributed by atoms with Crippen LogP contribution in [0.2, 0.25) is 0 Å². The highest BCUT2D eigenvalue weighted by atomic mass is 19.1. The van der Waals surface area contributed by atoms with Gasteiger partial charge >= 0.3 is 0 Å². The molecule has 1 heterocycles. The van der Waals surface area contributed by atoms with Crippen LogP contribution in [0, 0.1) is 5.82 Å². The first kappa shape index (κ1) is 27.1. The zero-order valence-electron chi connectivity index (χ0n) is 22.5. The zero-order chi connectivity index (χ0) is 28.1. The minimum absolute atomic E-state index is 0.00946. The summed E-state index contributed by atoms with van der Waals surface area (Å²) in [6.07, 6.45) is 4.91. The lowest BCUT2D eigenvalue weighted by molar-refractivity contribution is -0.127. The van der Waals surface area contributed by atoms with Crippen LogP contribution in [-0.2, 0) is 16.1 Å². The van der Waals surface area contributed by atoms with Gasteiger partial charge in [0.1, 0.15) is 35.4 Å². The topological polar surface area (TPSA) is 98.6 Å². The molecule has 10 heteroatoms. The van der Waals surface area contributed by atoms with E-state index in [9.17, 15) is 14.0 Å². The molecule has 4 aromatic rings. The molecule has 1 N–H and O–H groups in total. The maximum atomic E-state index is 14.2. The van der Waals surface area contributed by atoms with E-state index >= 15 is 0 Å². The Morgan fingerprint density at radius 2 is 1.77 bits per heavy atom. The second-order valence-electron chi connectivity index (χ2n) is 9.83. The minimum atomic E-state index is -1.14. The Labute approximate surface area is 231 Å². The number of carbonyl (C=O) groups excluding carboxylic acids is 2. The molecule has 0 aliphatic heterocycles.